The van der Waals surface area contributed by atoms with Crippen LogP contribution in [0, 0.1) is 0 Å². The molecule has 0 unspecified atom stereocenters. The largest absolute Gasteiger partial charge is 0.0847 e. The Morgan fingerprint density at radius 3 is 2.40 bits per heavy atom. The van der Waals surface area contributed by atoms with Crippen LogP contribution >= 0.6 is 0 Å². The molecule has 0 heterocycles. The predicted molar refractivity (Wildman–Crippen MR) is 58.9 cm³/mol. The second-order valence-corrected chi connectivity index (χ2v) is 4.02. The van der Waals surface area contributed by atoms with Crippen molar-refractivity contribution in [1.82, 2.24) is 0 Å². The first kappa shape index (κ1) is 10.3. The predicted octanol–water partition coefficient (Wildman–Crippen LogP) is -0.327. The molecule has 0 aromatic heterocycles. The average molecular weight is 133 g/mol. The van der Waals surface area contributed by atoms with Crippen molar-refractivity contribution in [2.45, 2.75) is 38.9 Å². The Morgan fingerprint density at radius 1 is 1.40 bits per heavy atom. The second-order valence-electron chi connectivity index (χ2n) is 4.02. The van der Waals surface area contributed by atoms with Crippen LogP contribution in [0.4, 0.5) is 0 Å². The van der Waals surface area contributed by atoms with Crippen LogP contribution in [-0.4, -0.2) is 29.0 Å². The normalized spacial score (nSPS) is 10.7. The van der Waals surface area contributed by atoms with Crippen molar-refractivity contribution in [1.29, 1.82) is 0 Å². The van der Waals surface area contributed by atoms with Crippen LogP contribution in [0.15, 0.2) is 0 Å². The van der Waals surface area contributed by atoms with Crippen molar-refractivity contribution in [3.05, 3.63) is 0 Å². The maximum atomic E-state index is 2.38. The highest BCUT2D eigenvalue weighted by Gasteiger charge is 2.16. The molecule has 0 saturated carbocycles. The van der Waals surface area contributed by atoms with Crippen LogP contribution in [0.1, 0.15) is 33.6 Å². The van der Waals surface area contributed by atoms with Crippen LogP contribution in [0.3, 0.4) is 0 Å². The zero-order valence-electron chi connectivity index (χ0n) is 8.04. The Hall–Kier alpha value is 0.260. The molecule has 0 fully saturated rings. The lowest BCUT2D eigenvalue weighted by atomic mass is 9.09. The molecule has 4 heteroatoms. The quantitative estimate of drug-likeness (QED) is 0.451. The van der Waals surface area contributed by atoms with Gasteiger partial charge in [-0.15, -0.1) is 0 Å². The summed E-state index contributed by atoms with van der Waals surface area (Å²) < 4.78 is 0. The van der Waals surface area contributed by atoms with Crippen LogP contribution in [-0.2, 0) is 0 Å². The lowest BCUT2D eigenvalue weighted by Crippen LogP contribution is -2.23. The Bertz CT molecular complexity index is 81.8. The molecule has 0 saturated heterocycles. The maximum Gasteiger partial charge on any atom is 0.0847 e. The van der Waals surface area contributed by atoms with E-state index < -0.39 is 0 Å². The summed E-state index contributed by atoms with van der Waals surface area (Å²) >= 11 is 0. The number of rotatable bonds is 5. The summed E-state index contributed by atoms with van der Waals surface area (Å²) in [6.07, 6.45) is 2.71. The van der Waals surface area contributed by atoms with Gasteiger partial charge >= 0.3 is 0 Å². The minimum absolute atomic E-state index is 0.602. The summed E-state index contributed by atoms with van der Waals surface area (Å²) in [6, 6.07) is 0. The zero-order valence-corrected chi connectivity index (χ0v) is 8.04. The Morgan fingerprint density at radius 2 is 2.00 bits per heavy atom. The molecule has 0 aliphatic carbocycles. The van der Waals surface area contributed by atoms with Crippen molar-refractivity contribution in [3.8, 4) is 0 Å². The Kier molecular flexibility index (Phi) is 5.11. The van der Waals surface area contributed by atoms with Crippen molar-refractivity contribution < 1.29 is 0 Å². The van der Waals surface area contributed by atoms with Gasteiger partial charge in [-0.2, -0.15) is 0 Å². The summed E-state index contributed by atoms with van der Waals surface area (Å²) in [7, 11) is 6.40. The first-order valence-corrected chi connectivity index (χ1v) is 4.62. The van der Waals surface area contributed by atoms with E-state index in [1.165, 1.54) is 34.1 Å². The van der Waals surface area contributed by atoms with E-state index in [4.69, 9.17) is 0 Å². The van der Waals surface area contributed by atoms with Crippen LogP contribution in [0.25, 0.3) is 0 Å². The minimum Gasteiger partial charge on any atom is -0.0683 e. The summed E-state index contributed by atoms with van der Waals surface area (Å²) in [4.78, 5) is 0. The third-order valence-electron chi connectivity index (χ3n) is 2.13. The SMILES string of the molecule is BBBBC(C)(C)CCC. The second kappa shape index (κ2) is 4.98. The van der Waals surface area contributed by atoms with Crippen molar-refractivity contribution in [2.24, 2.45) is 0 Å². The van der Waals surface area contributed by atoms with Gasteiger partial charge in [0.15, 0.2) is 0 Å². The summed E-state index contributed by atoms with van der Waals surface area (Å²) in [5, 5.41) is 0.602. The van der Waals surface area contributed by atoms with E-state index in [9.17, 15) is 0 Å². The molecule has 0 nitrogen and oxygen atoms in total. The molecule has 0 aromatic rings. The van der Waals surface area contributed by atoms with E-state index in [2.05, 4.69) is 28.5 Å². The van der Waals surface area contributed by atoms with E-state index in [1.54, 1.807) is 0 Å². The Labute approximate surface area is 68.6 Å². The van der Waals surface area contributed by atoms with Gasteiger partial charge in [0, 0.05) is 14.1 Å². The smallest absolute Gasteiger partial charge is 0.0683 e. The van der Waals surface area contributed by atoms with E-state index in [0.717, 1.165) is 0 Å². The number of hydrogen-bond donors (Lipinski definition) is 0. The molecule has 0 aliphatic rings. The fourth-order valence-corrected chi connectivity index (χ4v) is 1.46. The molecule has 0 bridgehead atoms. The summed E-state index contributed by atoms with van der Waals surface area (Å²) in [5.74, 6) is 0. The van der Waals surface area contributed by atoms with Crippen molar-refractivity contribution in [3.63, 3.8) is 0 Å². The van der Waals surface area contributed by atoms with Gasteiger partial charge in [-0.05, 0) is 0 Å². The van der Waals surface area contributed by atoms with Gasteiger partial charge in [-0.25, -0.2) is 0 Å². The first-order valence-electron chi connectivity index (χ1n) is 4.62. The maximum absolute atomic E-state index is 2.38. The fourth-order valence-electron chi connectivity index (χ4n) is 1.46. The highest BCUT2D eigenvalue weighted by atomic mass is 14.1. The molecule has 54 valence electrons. The molecule has 10 heavy (non-hydrogen) atoms. The molecule has 0 aromatic carbocycles. The first-order chi connectivity index (χ1) is 4.62. The standard InChI is InChI=1S/C6H18B4/c1-4-5-6(2,3)8-10-9-7/h8-10H,4-5,7H2,1-3H3. The molecule has 0 radical (unpaired) electrons. The molecular weight excluding hydrogens is 115 g/mol. The van der Waals surface area contributed by atoms with Crippen molar-refractivity contribution >= 4 is 29.0 Å². The van der Waals surface area contributed by atoms with Crippen LogP contribution in [0.2, 0.25) is 5.31 Å². The van der Waals surface area contributed by atoms with Gasteiger partial charge in [0.25, 0.3) is 0 Å². The minimum atomic E-state index is 0.602. The molecule has 0 rings (SSSR count). The van der Waals surface area contributed by atoms with Gasteiger partial charge in [0.2, 0.25) is 0 Å². The highest BCUT2D eigenvalue weighted by molar-refractivity contribution is 7.41. The van der Waals surface area contributed by atoms with E-state index in [1.807, 2.05) is 0 Å². The van der Waals surface area contributed by atoms with Gasteiger partial charge in [0.1, 0.15) is 0 Å². The molecule has 0 spiro atoms. The summed E-state index contributed by atoms with van der Waals surface area (Å²) in [5.41, 5.74) is 0. The highest BCUT2D eigenvalue weighted by Crippen LogP contribution is 2.27. The zero-order chi connectivity index (χ0) is 8.04. The molecule has 0 N–H and O–H groups in total. The van der Waals surface area contributed by atoms with Gasteiger partial charge in [-0.3, -0.25) is 0 Å². The third-order valence-corrected chi connectivity index (χ3v) is 2.13. The topological polar surface area (TPSA) is 0 Å². The summed E-state index contributed by atoms with van der Waals surface area (Å²) in [6.45, 7) is 7.03. The van der Waals surface area contributed by atoms with Crippen LogP contribution < -0.4 is 0 Å². The van der Waals surface area contributed by atoms with Gasteiger partial charge in [-0.1, -0.05) is 38.9 Å². The lowest BCUT2D eigenvalue weighted by molar-refractivity contribution is 0.598. The van der Waals surface area contributed by atoms with Crippen molar-refractivity contribution in [2.75, 3.05) is 0 Å². The molecule has 0 aliphatic heterocycles. The van der Waals surface area contributed by atoms with Crippen LogP contribution in [0.5, 0.6) is 0 Å². The molecule has 0 atom stereocenters. The van der Waals surface area contributed by atoms with E-state index in [-0.39, 0.29) is 0 Å². The van der Waals surface area contributed by atoms with Gasteiger partial charge in [0.05, 0.1) is 14.9 Å². The number of hydrogen-bond acceptors (Lipinski definition) is 0. The molecule has 0 amide bonds. The third kappa shape index (κ3) is 5.08. The molecular formula is C6H18B4. The fraction of sp³-hybridized carbons (Fsp3) is 1.00. The van der Waals surface area contributed by atoms with E-state index in [0.29, 0.717) is 5.31 Å². The lowest BCUT2D eigenvalue weighted by Gasteiger charge is -2.22. The monoisotopic (exact) mass is 134 g/mol. The van der Waals surface area contributed by atoms with Gasteiger partial charge < -0.3 is 0 Å². The average Bonchev–Trinajstić information content (AvgIpc) is 1.84. The van der Waals surface area contributed by atoms with E-state index >= 15 is 0 Å². The Balaban J connectivity index is 3.42.